The largest absolute Gasteiger partial charge is 0.394 e. The van der Waals surface area contributed by atoms with Gasteiger partial charge in [0.2, 0.25) is 6.54 Å². The van der Waals surface area contributed by atoms with E-state index in [4.69, 9.17) is 20.4 Å². The number of hydrogen-bond donors (Lipinski definition) is 6. The molecule has 0 aromatic carbocycles. The smallest absolute Gasteiger partial charge is 0.232 e. The molecule has 6 N–H and O–H groups in total. The summed E-state index contributed by atoms with van der Waals surface area (Å²) in [6, 6.07) is 0. The SMILES string of the molecule is O=[N+]([O-])C[C@H](O)[C@H](O)[C@@H](O)[C@H](O)[C@H](O)CO. The molecule has 0 aromatic heterocycles. The Bertz CT molecular complexity index is 224. The fourth-order valence-corrected chi connectivity index (χ4v) is 1.03. The first-order valence-electron chi connectivity index (χ1n) is 4.44. The Morgan fingerprint density at radius 1 is 0.938 bits per heavy atom. The predicted octanol–water partition coefficient (Wildman–Crippen LogP) is -3.94. The van der Waals surface area contributed by atoms with Crippen LogP contribution >= 0.6 is 0 Å². The van der Waals surface area contributed by atoms with Crippen molar-refractivity contribution in [1.82, 2.24) is 0 Å². The van der Waals surface area contributed by atoms with Gasteiger partial charge < -0.3 is 30.6 Å². The molecule has 9 heteroatoms. The highest BCUT2D eigenvalue weighted by molar-refractivity contribution is 4.84. The van der Waals surface area contributed by atoms with Crippen LogP contribution < -0.4 is 0 Å². The zero-order valence-corrected chi connectivity index (χ0v) is 8.25. The second-order valence-electron chi connectivity index (χ2n) is 3.30. The molecule has 0 saturated carbocycles. The fraction of sp³-hybridized carbons (Fsp3) is 1.00. The van der Waals surface area contributed by atoms with Crippen LogP contribution in [0.25, 0.3) is 0 Å². The molecule has 0 spiro atoms. The van der Waals surface area contributed by atoms with Gasteiger partial charge in [-0.05, 0) is 0 Å². The van der Waals surface area contributed by atoms with Gasteiger partial charge >= 0.3 is 0 Å². The van der Waals surface area contributed by atoms with E-state index in [9.17, 15) is 20.3 Å². The minimum Gasteiger partial charge on any atom is -0.394 e. The molecule has 0 heterocycles. The molecule has 9 nitrogen and oxygen atoms in total. The van der Waals surface area contributed by atoms with Gasteiger partial charge in [-0.1, -0.05) is 0 Å². The van der Waals surface area contributed by atoms with Crippen molar-refractivity contribution in [3.05, 3.63) is 10.1 Å². The van der Waals surface area contributed by atoms with Crippen LogP contribution in [0.3, 0.4) is 0 Å². The third-order valence-corrected chi connectivity index (χ3v) is 2.01. The Labute approximate surface area is 90.3 Å². The predicted molar refractivity (Wildman–Crippen MR) is 49.0 cm³/mol. The van der Waals surface area contributed by atoms with Crippen LogP contribution in [0.1, 0.15) is 0 Å². The molecule has 0 rings (SSSR count). The van der Waals surface area contributed by atoms with Crippen molar-refractivity contribution in [2.75, 3.05) is 13.2 Å². The van der Waals surface area contributed by atoms with Gasteiger partial charge in [0.1, 0.15) is 30.5 Å². The highest BCUT2D eigenvalue weighted by Crippen LogP contribution is 2.08. The Morgan fingerprint density at radius 3 is 1.75 bits per heavy atom. The van der Waals surface area contributed by atoms with Gasteiger partial charge in [0.15, 0.2) is 0 Å². The Hall–Kier alpha value is -0.840. The Balaban J connectivity index is 4.35. The fourth-order valence-electron chi connectivity index (χ4n) is 1.03. The quantitative estimate of drug-likeness (QED) is 0.194. The van der Waals surface area contributed by atoms with Gasteiger partial charge in [-0.25, -0.2) is 0 Å². The van der Waals surface area contributed by atoms with E-state index in [-0.39, 0.29) is 0 Å². The van der Waals surface area contributed by atoms with Crippen LogP contribution in [-0.4, -0.2) is 79.2 Å². The van der Waals surface area contributed by atoms with Gasteiger partial charge in [-0.15, -0.1) is 0 Å². The topological polar surface area (TPSA) is 165 Å². The van der Waals surface area contributed by atoms with Gasteiger partial charge in [-0.3, -0.25) is 10.1 Å². The van der Waals surface area contributed by atoms with Gasteiger partial charge in [0.05, 0.1) is 6.61 Å². The van der Waals surface area contributed by atoms with E-state index in [1.54, 1.807) is 0 Å². The summed E-state index contributed by atoms with van der Waals surface area (Å²) in [6.45, 7) is -1.88. The second kappa shape index (κ2) is 6.68. The molecule has 16 heavy (non-hydrogen) atoms. The summed E-state index contributed by atoms with van der Waals surface area (Å²) in [6.07, 6.45) is -9.52. The molecule has 0 radical (unpaired) electrons. The molecule has 0 aromatic rings. The Kier molecular flexibility index (Phi) is 6.33. The molecule has 0 fully saturated rings. The molecule has 0 saturated heterocycles. The summed E-state index contributed by atoms with van der Waals surface area (Å²) < 4.78 is 0. The van der Waals surface area contributed by atoms with Crippen molar-refractivity contribution >= 4 is 0 Å². The van der Waals surface area contributed by atoms with Crippen molar-refractivity contribution in [1.29, 1.82) is 0 Å². The van der Waals surface area contributed by atoms with E-state index < -0.39 is 48.6 Å². The lowest BCUT2D eigenvalue weighted by Gasteiger charge is -2.26. The molecule has 0 aliphatic rings. The second-order valence-corrected chi connectivity index (χ2v) is 3.30. The van der Waals surface area contributed by atoms with Crippen LogP contribution in [0.4, 0.5) is 0 Å². The van der Waals surface area contributed by atoms with E-state index in [1.807, 2.05) is 0 Å². The van der Waals surface area contributed by atoms with Gasteiger partial charge in [0.25, 0.3) is 0 Å². The first kappa shape index (κ1) is 15.2. The lowest BCUT2D eigenvalue weighted by molar-refractivity contribution is -0.493. The van der Waals surface area contributed by atoms with Crippen molar-refractivity contribution in [2.24, 2.45) is 0 Å². The highest BCUT2D eigenvalue weighted by atomic mass is 16.6. The number of aliphatic hydroxyl groups is 6. The summed E-state index contributed by atoms with van der Waals surface area (Å²) in [5, 5.41) is 64.0. The monoisotopic (exact) mass is 241 g/mol. The maximum atomic E-state index is 10.00. The third kappa shape index (κ3) is 4.35. The van der Waals surface area contributed by atoms with Crippen LogP contribution in [-0.2, 0) is 0 Å². The highest BCUT2D eigenvalue weighted by Gasteiger charge is 2.35. The summed E-state index contributed by atoms with van der Waals surface area (Å²) in [7, 11) is 0. The van der Waals surface area contributed by atoms with Crippen molar-refractivity contribution in [3.63, 3.8) is 0 Å². The van der Waals surface area contributed by atoms with E-state index in [0.717, 1.165) is 0 Å². The minimum absolute atomic E-state index is 0.865. The number of nitro groups is 1. The number of rotatable bonds is 7. The van der Waals surface area contributed by atoms with Crippen LogP contribution in [0, 0.1) is 10.1 Å². The number of aliphatic hydroxyl groups excluding tert-OH is 6. The minimum atomic E-state index is -2.00. The molecule has 0 unspecified atom stereocenters. The maximum absolute atomic E-state index is 10.00. The summed E-state index contributed by atoms with van der Waals surface area (Å²) in [4.78, 5) is 9.09. The van der Waals surface area contributed by atoms with Crippen LogP contribution in [0.5, 0.6) is 0 Å². The lowest BCUT2D eigenvalue weighted by Crippen LogP contribution is -2.51. The molecule has 5 atom stereocenters. The zero-order chi connectivity index (χ0) is 12.9. The van der Waals surface area contributed by atoms with E-state index in [1.165, 1.54) is 0 Å². The first-order chi connectivity index (χ1) is 7.31. The molecule has 0 bridgehead atoms. The zero-order valence-electron chi connectivity index (χ0n) is 8.25. The van der Waals surface area contributed by atoms with E-state index >= 15 is 0 Å². The number of nitrogens with zero attached hydrogens (tertiary/aromatic N) is 1. The van der Waals surface area contributed by atoms with Crippen molar-refractivity contribution in [2.45, 2.75) is 30.5 Å². The molecular weight excluding hydrogens is 226 g/mol. The molecular formula is C7H15NO8. The maximum Gasteiger partial charge on any atom is 0.232 e. The Morgan fingerprint density at radius 2 is 1.38 bits per heavy atom. The standard InChI is InChI=1S/C7H15NO8/c9-2-4(11)6(13)7(14)5(12)3(10)1-8(15)16/h3-7,9-14H,1-2H2/t3-,4+,5-,6+,7+/m0/s1. The first-order valence-corrected chi connectivity index (χ1v) is 4.44. The molecule has 0 aliphatic carbocycles. The van der Waals surface area contributed by atoms with Gasteiger partial charge in [-0.2, -0.15) is 0 Å². The van der Waals surface area contributed by atoms with Crippen molar-refractivity contribution < 1.29 is 35.6 Å². The molecule has 96 valence electrons. The normalized spacial score (nSPS) is 20.9. The van der Waals surface area contributed by atoms with Gasteiger partial charge in [0, 0.05) is 4.92 Å². The average Bonchev–Trinajstić information content (AvgIpc) is 2.23. The van der Waals surface area contributed by atoms with Crippen LogP contribution in [0.2, 0.25) is 0 Å². The summed E-state index contributed by atoms with van der Waals surface area (Å²) >= 11 is 0. The third-order valence-electron chi connectivity index (χ3n) is 2.01. The lowest BCUT2D eigenvalue weighted by atomic mass is 9.99. The number of hydrogen-bond acceptors (Lipinski definition) is 8. The molecule has 0 aliphatic heterocycles. The average molecular weight is 241 g/mol. The van der Waals surface area contributed by atoms with Crippen molar-refractivity contribution in [3.8, 4) is 0 Å². The summed E-state index contributed by atoms with van der Waals surface area (Å²) in [5.74, 6) is 0. The van der Waals surface area contributed by atoms with E-state index in [0.29, 0.717) is 0 Å². The van der Waals surface area contributed by atoms with Crippen LogP contribution in [0.15, 0.2) is 0 Å². The van der Waals surface area contributed by atoms with E-state index in [2.05, 4.69) is 0 Å². The summed E-state index contributed by atoms with van der Waals surface area (Å²) in [5.41, 5.74) is 0. The molecule has 0 amide bonds.